The number of aromatic nitrogens is 2. The number of benzene rings is 1. The summed E-state index contributed by atoms with van der Waals surface area (Å²) in [6.45, 7) is 6.44. The lowest BCUT2D eigenvalue weighted by Gasteiger charge is -2.28. The van der Waals surface area contributed by atoms with E-state index in [1.54, 1.807) is 16.2 Å². The molecular weight excluding hydrogens is 338 g/mol. The minimum Gasteiger partial charge on any atom is -0.482 e. The Hall–Kier alpha value is -2.67. The Morgan fingerprint density at radius 3 is 2.88 bits per heavy atom. The van der Waals surface area contributed by atoms with E-state index in [4.69, 9.17) is 4.74 Å². The van der Waals surface area contributed by atoms with Gasteiger partial charge in [-0.05, 0) is 39.0 Å². The Morgan fingerprint density at radius 1 is 1.36 bits per heavy atom. The summed E-state index contributed by atoms with van der Waals surface area (Å²) in [5.41, 5.74) is 3.90. The summed E-state index contributed by atoms with van der Waals surface area (Å²) in [4.78, 5) is 31.7. The van der Waals surface area contributed by atoms with Crippen LogP contribution in [0.5, 0.6) is 5.75 Å². The second kappa shape index (κ2) is 5.70. The molecule has 0 fully saturated rings. The van der Waals surface area contributed by atoms with Crippen LogP contribution in [0.15, 0.2) is 18.2 Å². The third kappa shape index (κ3) is 2.26. The van der Waals surface area contributed by atoms with Crippen molar-refractivity contribution in [2.75, 3.05) is 18.1 Å². The van der Waals surface area contributed by atoms with Gasteiger partial charge < -0.3 is 9.64 Å². The first-order valence-corrected chi connectivity index (χ1v) is 8.88. The normalized spacial score (nSPS) is 13.9. The second-order valence-electron chi connectivity index (χ2n) is 5.93. The number of nitrogens with zero attached hydrogens (tertiary/aromatic N) is 3. The summed E-state index contributed by atoms with van der Waals surface area (Å²) in [5, 5.41) is 0. The molecule has 0 bridgehead atoms. The van der Waals surface area contributed by atoms with Crippen molar-refractivity contribution in [1.29, 1.82) is 0 Å². The number of fused-ring (bicyclic) bond motifs is 2. The Kier molecular flexibility index (Phi) is 3.61. The Balaban J connectivity index is 1.96. The summed E-state index contributed by atoms with van der Waals surface area (Å²) in [7, 11) is 0. The molecule has 128 valence electrons. The van der Waals surface area contributed by atoms with E-state index in [9.17, 15) is 9.59 Å². The Bertz CT molecular complexity index is 1020. The van der Waals surface area contributed by atoms with Gasteiger partial charge in [0.25, 0.3) is 5.91 Å². The molecule has 25 heavy (non-hydrogen) atoms. The number of imidazole rings is 1. The standard InChI is InChI=1S/C18H17N3O3S/c1-4-20-13-7-12(5-6-15(13)24-9-16(20)23)17-11(3)25-18-19-10(2)14(8-22)21(17)18/h5-8H,4,9H2,1-3H3. The molecule has 1 aromatic carbocycles. The zero-order chi connectivity index (χ0) is 17.7. The first-order chi connectivity index (χ1) is 12.0. The van der Waals surface area contributed by atoms with Gasteiger partial charge in [0.1, 0.15) is 11.4 Å². The lowest BCUT2D eigenvalue weighted by atomic mass is 10.1. The van der Waals surface area contributed by atoms with Crippen molar-refractivity contribution < 1.29 is 14.3 Å². The number of carbonyl (C=O) groups is 2. The average Bonchev–Trinajstić information content (AvgIpc) is 3.06. The summed E-state index contributed by atoms with van der Waals surface area (Å²) < 4.78 is 7.44. The maximum absolute atomic E-state index is 12.1. The van der Waals surface area contributed by atoms with E-state index >= 15 is 0 Å². The molecule has 1 aliphatic rings. The number of rotatable bonds is 3. The third-order valence-electron chi connectivity index (χ3n) is 4.47. The average molecular weight is 355 g/mol. The topological polar surface area (TPSA) is 63.9 Å². The number of aldehydes is 1. The van der Waals surface area contributed by atoms with Gasteiger partial charge >= 0.3 is 0 Å². The fourth-order valence-corrected chi connectivity index (χ4v) is 4.35. The fourth-order valence-electron chi connectivity index (χ4n) is 3.31. The van der Waals surface area contributed by atoms with Crippen LogP contribution in [-0.4, -0.2) is 34.7 Å². The molecule has 7 heteroatoms. The van der Waals surface area contributed by atoms with Crippen molar-refractivity contribution in [3.05, 3.63) is 34.5 Å². The highest BCUT2D eigenvalue weighted by Gasteiger charge is 2.26. The maximum Gasteiger partial charge on any atom is 0.265 e. The summed E-state index contributed by atoms with van der Waals surface area (Å²) in [6.07, 6.45) is 0.842. The lowest BCUT2D eigenvalue weighted by Crippen LogP contribution is -2.38. The highest BCUT2D eigenvalue weighted by atomic mass is 32.1. The van der Waals surface area contributed by atoms with Crippen LogP contribution in [0.2, 0.25) is 0 Å². The smallest absolute Gasteiger partial charge is 0.265 e. The van der Waals surface area contributed by atoms with E-state index in [1.165, 1.54) is 0 Å². The van der Waals surface area contributed by atoms with Gasteiger partial charge in [0.05, 0.1) is 17.1 Å². The van der Waals surface area contributed by atoms with Gasteiger partial charge in [-0.2, -0.15) is 0 Å². The fraction of sp³-hybridized carbons (Fsp3) is 0.278. The molecule has 3 aromatic rings. The van der Waals surface area contributed by atoms with Gasteiger partial charge in [-0.15, -0.1) is 11.3 Å². The first kappa shape index (κ1) is 15.8. The van der Waals surface area contributed by atoms with Crippen LogP contribution in [0.25, 0.3) is 16.2 Å². The largest absolute Gasteiger partial charge is 0.482 e. The van der Waals surface area contributed by atoms with Crippen LogP contribution in [0.3, 0.4) is 0 Å². The molecule has 0 N–H and O–H groups in total. The molecule has 3 heterocycles. The van der Waals surface area contributed by atoms with E-state index < -0.39 is 0 Å². The van der Waals surface area contributed by atoms with Gasteiger partial charge in [-0.1, -0.05) is 0 Å². The van der Waals surface area contributed by atoms with Gasteiger partial charge in [-0.3, -0.25) is 14.0 Å². The highest BCUT2D eigenvalue weighted by molar-refractivity contribution is 7.17. The van der Waals surface area contributed by atoms with E-state index in [-0.39, 0.29) is 12.5 Å². The molecular formula is C18H17N3O3S. The van der Waals surface area contributed by atoms with Gasteiger partial charge in [-0.25, -0.2) is 4.98 Å². The number of ether oxygens (including phenoxy) is 1. The quantitative estimate of drug-likeness (QED) is 0.677. The van der Waals surface area contributed by atoms with Crippen LogP contribution < -0.4 is 9.64 Å². The Labute approximate surface area is 148 Å². The molecule has 0 aliphatic carbocycles. The SMILES string of the molecule is CCN1C(=O)COc2ccc(-c3c(C)sc4nc(C)c(C=O)n34)cc21. The minimum atomic E-state index is -0.0496. The summed E-state index contributed by atoms with van der Waals surface area (Å²) in [6, 6.07) is 5.79. The molecule has 0 unspecified atom stereocenters. The van der Waals surface area contributed by atoms with Crippen LogP contribution in [0.4, 0.5) is 5.69 Å². The number of thiazole rings is 1. The summed E-state index contributed by atoms with van der Waals surface area (Å²) in [5.74, 6) is 0.651. The number of anilines is 1. The molecule has 1 aliphatic heterocycles. The van der Waals surface area contributed by atoms with Gasteiger partial charge in [0.15, 0.2) is 17.9 Å². The van der Waals surface area contributed by atoms with Gasteiger partial charge in [0.2, 0.25) is 0 Å². The molecule has 4 rings (SSSR count). The highest BCUT2D eigenvalue weighted by Crippen LogP contribution is 2.39. The predicted molar refractivity (Wildman–Crippen MR) is 96.9 cm³/mol. The maximum atomic E-state index is 12.1. The number of amides is 1. The van der Waals surface area contributed by atoms with Crippen molar-refractivity contribution in [3.63, 3.8) is 0 Å². The predicted octanol–water partition coefficient (Wildman–Crippen LogP) is 3.24. The molecule has 1 amide bonds. The van der Waals surface area contributed by atoms with Crippen LogP contribution >= 0.6 is 11.3 Å². The molecule has 0 atom stereocenters. The second-order valence-corrected chi connectivity index (χ2v) is 7.12. The van der Waals surface area contributed by atoms with Crippen molar-refractivity contribution in [2.45, 2.75) is 20.8 Å². The minimum absolute atomic E-state index is 0.0496. The number of aryl methyl sites for hydroxylation is 2. The summed E-state index contributed by atoms with van der Waals surface area (Å²) >= 11 is 1.55. The van der Waals surface area contributed by atoms with Crippen molar-refractivity contribution >= 4 is 34.2 Å². The van der Waals surface area contributed by atoms with Crippen LogP contribution in [0, 0.1) is 13.8 Å². The molecule has 0 saturated heterocycles. The lowest BCUT2D eigenvalue weighted by molar-refractivity contribution is -0.121. The van der Waals surface area contributed by atoms with Crippen molar-refractivity contribution in [3.8, 4) is 17.0 Å². The molecule has 2 aromatic heterocycles. The third-order valence-corrected chi connectivity index (χ3v) is 5.43. The van der Waals surface area contributed by atoms with E-state index in [1.807, 2.05) is 43.4 Å². The number of likely N-dealkylation sites (N-methyl/N-ethyl adjacent to an activating group) is 1. The zero-order valence-corrected chi connectivity index (χ0v) is 15.0. The van der Waals surface area contributed by atoms with Crippen LogP contribution in [0.1, 0.15) is 28.0 Å². The van der Waals surface area contributed by atoms with Crippen molar-refractivity contribution in [2.24, 2.45) is 0 Å². The molecule has 6 nitrogen and oxygen atoms in total. The van der Waals surface area contributed by atoms with E-state index in [0.29, 0.717) is 23.7 Å². The monoisotopic (exact) mass is 355 g/mol. The molecule has 0 saturated carbocycles. The van der Waals surface area contributed by atoms with E-state index in [0.717, 1.165) is 33.1 Å². The van der Waals surface area contributed by atoms with Crippen molar-refractivity contribution in [1.82, 2.24) is 9.38 Å². The number of carbonyl (C=O) groups excluding carboxylic acids is 2. The number of hydrogen-bond acceptors (Lipinski definition) is 5. The molecule has 0 radical (unpaired) electrons. The first-order valence-electron chi connectivity index (χ1n) is 8.06. The molecule has 0 spiro atoms. The Morgan fingerprint density at radius 2 is 2.16 bits per heavy atom. The van der Waals surface area contributed by atoms with Gasteiger partial charge in [0, 0.05) is 17.0 Å². The number of hydrogen-bond donors (Lipinski definition) is 0. The van der Waals surface area contributed by atoms with Crippen LogP contribution in [-0.2, 0) is 4.79 Å². The van der Waals surface area contributed by atoms with E-state index in [2.05, 4.69) is 4.98 Å². The zero-order valence-electron chi connectivity index (χ0n) is 14.2.